The Hall–Kier alpha value is -2.74. The fraction of sp³-hybridized carbons (Fsp3) is 0.346. The van der Waals surface area contributed by atoms with Gasteiger partial charge in [-0.1, -0.05) is 42.5 Å². The highest BCUT2D eigenvalue weighted by Crippen LogP contribution is 2.31. The highest BCUT2D eigenvalue weighted by molar-refractivity contribution is 7.89. The molecule has 0 unspecified atom stereocenters. The van der Waals surface area contributed by atoms with Gasteiger partial charge in [-0.25, -0.2) is 8.42 Å². The first-order valence-electron chi connectivity index (χ1n) is 11.5. The number of carbonyl (C=O) groups excluding carboxylic acids is 1. The van der Waals surface area contributed by atoms with E-state index in [0.717, 1.165) is 30.6 Å². The number of fused-ring (bicyclic) bond motifs is 2. The van der Waals surface area contributed by atoms with Crippen LogP contribution >= 0.6 is 0 Å². The first-order chi connectivity index (χ1) is 15.9. The maximum Gasteiger partial charge on any atom is 0.243 e. The lowest BCUT2D eigenvalue weighted by Gasteiger charge is -2.34. The van der Waals surface area contributed by atoms with Gasteiger partial charge in [-0.15, -0.1) is 0 Å². The number of hydrogen-bond donors (Lipinski definition) is 0. The zero-order valence-corrected chi connectivity index (χ0v) is 19.7. The Morgan fingerprint density at radius 3 is 2.45 bits per heavy atom. The second-order valence-electron chi connectivity index (χ2n) is 8.88. The molecular weight excluding hydrogens is 434 g/mol. The van der Waals surface area contributed by atoms with Crippen LogP contribution in [0.5, 0.6) is 0 Å². The summed E-state index contributed by atoms with van der Waals surface area (Å²) in [5, 5.41) is 2.48. The molecule has 0 atom stereocenters. The molecule has 1 amide bonds. The highest BCUT2D eigenvalue weighted by Gasteiger charge is 2.30. The van der Waals surface area contributed by atoms with Gasteiger partial charge in [0, 0.05) is 51.9 Å². The molecule has 172 valence electrons. The quantitative estimate of drug-likeness (QED) is 0.593. The number of carbonyl (C=O) groups is 1. The number of piperazine rings is 1. The molecule has 0 spiro atoms. The fourth-order valence-corrected chi connectivity index (χ4v) is 6.48. The van der Waals surface area contributed by atoms with Gasteiger partial charge in [-0.2, -0.15) is 4.31 Å². The maximum atomic E-state index is 13.4. The van der Waals surface area contributed by atoms with E-state index in [4.69, 9.17) is 0 Å². The van der Waals surface area contributed by atoms with Crippen molar-refractivity contribution in [2.75, 3.05) is 37.6 Å². The SMILES string of the molecule is CC(=O)N1CCCc2cc(S(=O)(=O)N3CCN(Cc4cccc5ccccc45)CC3)ccc21. The van der Waals surface area contributed by atoms with Crippen molar-refractivity contribution < 1.29 is 13.2 Å². The van der Waals surface area contributed by atoms with Crippen molar-refractivity contribution in [1.82, 2.24) is 9.21 Å². The standard InChI is InChI=1S/C26H29N3O3S/c1-20(30)29-13-5-9-22-18-24(11-12-26(22)29)33(31,32)28-16-14-27(15-17-28)19-23-8-4-7-21-6-2-3-10-25(21)23/h2-4,6-8,10-12,18H,5,9,13-17,19H2,1H3. The molecule has 33 heavy (non-hydrogen) atoms. The van der Waals surface area contributed by atoms with Crippen LogP contribution < -0.4 is 4.90 Å². The fourth-order valence-electron chi connectivity index (χ4n) is 5.01. The van der Waals surface area contributed by atoms with Crippen LogP contribution in [0.25, 0.3) is 10.8 Å². The van der Waals surface area contributed by atoms with Crippen LogP contribution in [0.4, 0.5) is 5.69 Å². The molecule has 2 aliphatic rings. The maximum absolute atomic E-state index is 13.4. The number of hydrogen-bond acceptors (Lipinski definition) is 4. The van der Waals surface area contributed by atoms with Crippen LogP contribution in [-0.4, -0.2) is 56.3 Å². The van der Waals surface area contributed by atoms with E-state index in [0.29, 0.717) is 37.6 Å². The van der Waals surface area contributed by atoms with E-state index in [9.17, 15) is 13.2 Å². The molecule has 0 bridgehead atoms. The minimum atomic E-state index is -3.56. The lowest BCUT2D eigenvalue weighted by molar-refractivity contribution is -0.116. The predicted octanol–water partition coefficient (Wildman–Crippen LogP) is 3.65. The van der Waals surface area contributed by atoms with Crippen molar-refractivity contribution in [1.29, 1.82) is 0 Å². The van der Waals surface area contributed by atoms with Crippen molar-refractivity contribution >= 4 is 32.4 Å². The Morgan fingerprint density at radius 2 is 1.67 bits per heavy atom. The molecule has 0 saturated carbocycles. The monoisotopic (exact) mass is 463 g/mol. The summed E-state index contributed by atoms with van der Waals surface area (Å²) < 4.78 is 28.3. The summed E-state index contributed by atoms with van der Waals surface area (Å²) in [6.07, 6.45) is 1.64. The number of rotatable bonds is 4. The molecule has 2 heterocycles. The molecule has 3 aromatic carbocycles. The molecular formula is C26H29N3O3S. The van der Waals surface area contributed by atoms with Crippen molar-refractivity contribution in [3.05, 3.63) is 71.8 Å². The zero-order chi connectivity index (χ0) is 23.0. The zero-order valence-electron chi connectivity index (χ0n) is 18.9. The average molecular weight is 464 g/mol. The van der Waals surface area contributed by atoms with Gasteiger partial charge < -0.3 is 4.90 Å². The molecule has 0 radical (unpaired) electrons. The topological polar surface area (TPSA) is 60.9 Å². The van der Waals surface area contributed by atoms with Gasteiger partial charge in [0.05, 0.1) is 4.90 Å². The Morgan fingerprint density at radius 1 is 0.909 bits per heavy atom. The van der Waals surface area contributed by atoms with Crippen LogP contribution in [0.15, 0.2) is 65.6 Å². The third-order valence-corrected chi connectivity index (χ3v) is 8.69. The van der Waals surface area contributed by atoms with Crippen LogP contribution in [-0.2, 0) is 27.8 Å². The van der Waals surface area contributed by atoms with E-state index < -0.39 is 10.0 Å². The van der Waals surface area contributed by atoms with Crippen molar-refractivity contribution in [2.24, 2.45) is 0 Å². The minimum Gasteiger partial charge on any atom is -0.312 e. The molecule has 6 nitrogen and oxygen atoms in total. The Labute approximate surface area is 195 Å². The smallest absolute Gasteiger partial charge is 0.243 e. The lowest BCUT2D eigenvalue weighted by atomic mass is 10.0. The first-order valence-corrected chi connectivity index (χ1v) is 13.0. The molecule has 1 fully saturated rings. The Kier molecular flexibility index (Phi) is 5.95. The number of anilines is 1. The highest BCUT2D eigenvalue weighted by atomic mass is 32.2. The molecule has 0 aliphatic carbocycles. The number of sulfonamides is 1. The third-order valence-electron chi connectivity index (χ3n) is 6.79. The van der Waals surface area contributed by atoms with E-state index in [1.807, 2.05) is 6.07 Å². The molecule has 5 rings (SSSR count). The summed E-state index contributed by atoms with van der Waals surface area (Å²) in [6.45, 7) is 5.41. The second kappa shape index (κ2) is 8.89. The van der Waals surface area contributed by atoms with Gasteiger partial charge in [0.15, 0.2) is 0 Å². The summed E-state index contributed by atoms with van der Waals surface area (Å²) in [5.74, 6) is -0.00567. The molecule has 2 aliphatic heterocycles. The Bertz CT molecular complexity index is 1290. The van der Waals surface area contributed by atoms with Gasteiger partial charge in [0.1, 0.15) is 0 Å². The molecule has 7 heteroatoms. The Balaban J connectivity index is 1.29. The van der Waals surface area contributed by atoms with Gasteiger partial charge in [0.25, 0.3) is 0 Å². The van der Waals surface area contributed by atoms with Crippen molar-refractivity contribution in [2.45, 2.75) is 31.2 Å². The minimum absolute atomic E-state index is 0.00567. The molecule has 1 saturated heterocycles. The summed E-state index contributed by atoms with van der Waals surface area (Å²) >= 11 is 0. The number of benzene rings is 3. The first kappa shape index (κ1) is 22.1. The number of aryl methyl sites for hydroxylation is 1. The number of nitrogens with zero attached hydrogens (tertiary/aromatic N) is 3. The van der Waals surface area contributed by atoms with Gasteiger partial charge >= 0.3 is 0 Å². The van der Waals surface area contributed by atoms with E-state index in [2.05, 4.69) is 41.3 Å². The summed E-state index contributed by atoms with van der Waals surface area (Å²) in [4.78, 5) is 16.3. The second-order valence-corrected chi connectivity index (χ2v) is 10.8. The molecule has 3 aromatic rings. The van der Waals surface area contributed by atoms with Crippen molar-refractivity contribution in [3.63, 3.8) is 0 Å². The average Bonchev–Trinajstić information content (AvgIpc) is 2.84. The molecule has 0 N–H and O–H groups in total. The third kappa shape index (κ3) is 4.28. The van der Waals surface area contributed by atoms with Gasteiger partial charge in [-0.3, -0.25) is 9.69 Å². The predicted molar refractivity (Wildman–Crippen MR) is 131 cm³/mol. The van der Waals surface area contributed by atoms with Crippen LogP contribution in [0.1, 0.15) is 24.5 Å². The molecule has 0 aromatic heterocycles. The summed E-state index contributed by atoms with van der Waals surface area (Å²) in [6, 6.07) is 20.0. The van der Waals surface area contributed by atoms with Gasteiger partial charge in [0.2, 0.25) is 15.9 Å². The van der Waals surface area contributed by atoms with E-state index in [1.54, 1.807) is 34.3 Å². The number of amides is 1. The van der Waals surface area contributed by atoms with E-state index in [-0.39, 0.29) is 5.91 Å². The largest absolute Gasteiger partial charge is 0.312 e. The normalized spacial score (nSPS) is 17.8. The van der Waals surface area contributed by atoms with Crippen LogP contribution in [0.2, 0.25) is 0 Å². The van der Waals surface area contributed by atoms with E-state index in [1.165, 1.54) is 16.3 Å². The van der Waals surface area contributed by atoms with E-state index >= 15 is 0 Å². The van der Waals surface area contributed by atoms with Gasteiger partial charge in [-0.05, 0) is 52.9 Å². The summed E-state index contributed by atoms with van der Waals surface area (Å²) in [7, 11) is -3.56. The van der Waals surface area contributed by atoms with Crippen molar-refractivity contribution in [3.8, 4) is 0 Å². The van der Waals surface area contributed by atoms with Crippen LogP contribution in [0, 0.1) is 0 Å². The summed E-state index contributed by atoms with van der Waals surface area (Å²) in [5.41, 5.74) is 3.05. The van der Waals surface area contributed by atoms with Crippen LogP contribution in [0.3, 0.4) is 0 Å². The lowest BCUT2D eigenvalue weighted by Crippen LogP contribution is -2.48.